The van der Waals surface area contributed by atoms with Crippen LogP contribution in [0.2, 0.25) is 0 Å². The van der Waals surface area contributed by atoms with Crippen LogP contribution in [0.1, 0.15) is 56.1 Å². The summed E-state index contributed by atoms with van der Waals surface area (Å²) in [5, 5.41) is 20.0. The van der Waals surface area contributed by atoms with Crippen molar-refractivity contribution in [1.82, 2.24) is 0 Å². The standard InChI is InChI=1S/C18H24O2/c1-18-9-8-14-13-5-3-12(19)10-11(13)2-4-15(14)16(18)6-7-17(18)20/h3,5,10,14-17,19-20H,2,4,6-9H2,1H3/t14-,15-,16?,17+,18-/m0/s1. The third-order valence-electron chi connectivity index (χ3n) is 6.66. The molecule has 0 amide bonds. The van der Waals surface area contributed by atoms with Crippen molar-refractivity contribution >= 4 is 0 Å². The van der Waals surface area contributed by atoms with Crippen LogP contribution in [0, 0.1) is 17.3 Å². The third kappa shape index (κ3) is 1.60. The second kappa shape index (κ2) is 4.24. The monoisotopic (exact) mass is 272 g/mol. The van der Waals surface area contributed by atoms with E-state index in [1.165, 1.54) is 30.4 Å². The summed E-state index contributed by atoms with van der Waals surface area (Å²) >= 11 is 0. The van der Waals surface area contributed by atoms with Gasteiger partial charge >= 0.3 is 0 Å². The van der Waals surface area contributed by atoms with Crippen molar-refractivity contribution in [3.8, 4) is 5.75 Å². The average Bonchev–Trinajstić information content (AvgIpc) is 2.74. The molecular formula is C18H24O2. The molecule has 20 heavy (non-hydrogen) atoms. The first-order valence-electron chi connectivity index (χ1n) is 8.09. The van der Waals surface area contributed by atoms with Crippen LogP contribution in [0.5, 0.6) is 5.75 Å². The Morgan fingerprint density at radius 3 is 2.85 bits per heavy atom. The van der Waals surface area contributed by atoms with Gasteiger partial charge in [-0.05, 0) is 85.0 Å². The molecule has 0 aromatic heterocycles. The zero-order valence-electron chi connectivity index (χ0n) is 12.2. The van der Waals surface area contributed by atoms with Crippen molar-refractivity contribution in [3.05, 3.63) is 29.3 Å². The van der Waals surface area contributed by atoms with E-state index in [1.54, 1.807) is 0 Å². The van der Waals surface area contributed by atoms with Gasteiger partial charge < -0.3 is 10.2 Å². The smallest absolute Gasteiger partial charge is 0.115 e. The lowest BCUT2D eigenvalue weighted by Crippen LogP contribution is -2.43. The lowest BCUT2D eigenvalue weighted by atomic mass is 9.55. The van der Waals surface area contributed by atoms with Gasteiger partial charge in [-0.2, -0.15) is 0 Å². The first-order chi connectivity index (χ1) is 9.59. The number of rotatable bonds is 0. The first kappa shape index (κ1) is 12.7. The Balaban J connectivity index is 1.71. The van der Waals surface area contributed by atoms with Crippen LogP contribution in [-0.4, -0.2) is 16.3 Å². The normalized spacial score (nSPS) is 42.7. The van der Waals surface area contributed by atoms with Crippen LogP contribution in [0.25, 0.3) is 0 Å². The zero-order valence-corrected chi connectivity index (χ0v) is 12.2. The van der Waals surface area contributed by atoms with Crippen molar-refractivity contribution in [2.24, 2.45) is 17.3 Å². The van der Waals surface area contributed by atoms with E-state index < -0.39 is 0 Å². The number of aromatic hydroxyl groups is 1. The Labute approximate surface area is 120 Å². The Morgan fingerprint density at radius 2 is 2.00 bits per heavy atom. The molecule has 108 valence electrons. The SMILES string of the molecule is C[C@]12CC[C@H]3c4ccc(O)cc4CC[C@@H]3C1CC[C@H]2O. The maximum absolute atomic E-state index is 10.4. The molecule has 1 unspecified atom stereocenters. The van der Waals surface area contributed by atoms with Gasteiger partial charge in [0.1, 0.15) is 5.75 Å². The molecule has 0 bridgehead atoms. The van der Waals surface area contributed by atoms with Gasteiger partial charge in [-0.15, -0.1) is 0 Å². The summed E-state index contributed by atoms with van der Waals surface area (Å²) in [4.78, 5) is 0. The van der Waals surface area contributed by atoms with E-state index in [-0.39, 0.29) is 11.5 Å². The topological polar surface area (TPSA) is 40.5 Å². The Kier molecular flexibility index (Phi) is 2.69. The number of phenolic OH excluding ortho intramolecular Hbond substituents is 1. The highest BCUT2D eigenvalue weighted by atomic mass is 16.3. The van der Waals surface area contributed by atoms with Gasteiger partial charge in [0.05, 0.1) is 6.10 Å². The molecule has 2 heteroatoms. The van der Waals surface area contributed by atoms with Gasteiger partial charge in [-0.1, -0.05) is 13.0 Å². The lowest BCUT2D eigenvalue weighted by Gasteiger charge is -2.50. The third-order valence-corrected chi connectivity index (χ3v) is 6.66. The number of aliphatic hydroxyl groups excluding tert-OH is 1. The van der Waals surface area contributed by atoms with Crippen LogP contribution < -0.4 is 0 Å². The summed E-state index contributed by atoms with van der Waals surface area (Å²) in [7, 11) is 0. The minimum atomic E-state index is -0.0883. The van der Waals surface area contributed by atoms with Crippen molar-refractivity contribution in [1.29, 1.82) is 0 Å². The predicted octanol–water partition coefficient (Wildman–Crippen LogP) is 3.61. The summed E-state index contributed by atoms with van der Waals surface area (Å²) < 4.78 is 0. The van der Waals surface area contributed by atoms with E-state index in [0.29, 0.717) is 17.6 Å². The molecule has 0 spiro atoms. The number of aliphatic hydroxyl groups is 1. The molecular weight excluding hydrogens is 248 g/mol. The summed E-state index contributed by atoms with van der Waals surface area (Å²) in [6, 6.07) is 5.96. The van der Waals surface area contributed by atoms with Crippen molar-refractivity contribution in [2.45, 2.75) is 57.5 Å². The van der Waals surface area contributed by atoms with E-state index in [9.17, 15) is 10.2 Å². The van der Waals surface area contributed by atoms with E-state index in [4.69, 9.17) is 0 Å². The minimum absolute atomic E-state index is 0.0883. The van der Waals surface area contributed by atoms with Crippen LogP contribution >= 0.6 is 0 Å². The molecule has 2 saturated carbocycles. The van der Waals surface area contributed by atoms with Gasteiger partial charge in [-0.25, -0.2) is 0 Å². The number of phenols is 1. The summed E-state index contributed by atoms with van der Waals surface area (Å²) in [5.74, 6) is 2.49. The molecule has 0 radical (unpaired) electrons. The van der Waals surface area contributed by atoms with Crippen LogP contribution in [-0.2, 0) is 6.42 Å². The van der Waals surface area contributed by atoms with Gasteiger partial charge in [0.25, 0.3) is 0 Å². The zero-order chi connectivity index (χ0) is 13.9. The number of aryl methyl sites for hydroxylation is 1. The van der Waals surface area contributed by atoms with Crippen molar-refractivity contribution in [2.75, 3.05) is 0 Å². The van der Waals surface area contributed by atoms with Gasteiger partial charge in [0.15, 0.2) is 0 Å². The molecule has 3 aliphatic carbocycles. The van der Waals surface area contributed by atoms with E-state index in [2.05, 4.69) is 13.0 Å². The van der Waals surface area contributed by atoms with Crippen LogP contribution in [0.4, 0.5) is 0 Å². The number of benzene rings is 1. The van der Waals surface area contributed by atoms with E-state index in [1.807, 2.05) is 12.1 Å². The fraction of sp³-hybridized carbons (Fsp3) is 0.667. The molecule has 1 aromatic carbocycles. The van der Waals surface area contributed by atoms with Gasteiger partial charge in [-0.3, -0.25) is 0 Å². The number of hydrogen-bond acceptors (Lipinski definition) is 2. The molecule has 2 fully saturated rings. The van der Waals surface area contributed by atoms with Crippen molar-refractivity contribution in [3.63, 3.8) is 0 Å². The van der Waals surface area contributed by atoms with Gasteiger partial charge in [0.2, 0.25) is 0 Å². The van der Waals surface area contributed by atoms with Crippen LogP contribution in [0.15, 0.2) is 18.2 Å². The van der Waals surface area contributed by atoms with E-state index >= 15 is 0 Å². The summed E-state index contributed by atoms with van der Waals surface area (Å²) in [5.41, 5.74) is 2.99. The minimum Gasteiger partial charge on any atom is -0.508 e. The van der Waals surface area contributed by atoms with Crippen molar-refractivity contribution < 1.29 is 10.2 Å². The molecule has 0 aliphatic heterocycles. The molecule has 2 nitrogen and oxygen atoms in total. The summed E-state index contributed by atoms with van der Waals surface area (Å²) in [6.07, 6.45) is 6.78. The second-order valence-corrected chi connectivity index (χ2v) is 7.44. The molecule has 3 aliphatic rings. The fourth-order valence-corrected chi connectivity index (χ4v) is 5.54. The Hall–Kier alpha value is -1.02. The second-order valence-electron chi connectivity index (χ2n) is 7.44. The van der Waals surface area contributed by atoms with E-state index in [0.717, 1.165) is 25.2 Å². The Morgan fingerprint density at radius 1 is 1.15 bits per heavy atom. The maximum atomic E-state index is 10.4. The Bertz CT molecular complexity index is 538. The largest absolute Gasteiger partial charge is 0.508 e. The maximum Gasteiger partial charge on any atom is 0.115 e. The number of fused-ring (bicyclic) bond motifs is 5. The summed E-state index contributed by atoms with van der Waals surface area (Å²) in [6.45, 7) is 2.32. The quantitative estimate of drug-likeness (QED) is 0.757. The first-order valence-corrected chi connectivity index (χ1v) is 8.09. The molecule has 1 aromatic rings. The average molecular weight is 272 g/mol. The molecule has 5 atom stereocenters. The molecule has 0 saturated heterocycles. The lowest BCUT2D eigenvalue weighted by molar-refractivity contribution is -0.0226. The van der Waals surface area contributed by atoms with Crippen LogP contribution in [0.3, 0.4) is 0 Å². The highest BCUT2D eigenvalue weighted by Gasteiger charge is 2.54. The van der Waals surface area contributed by atoms with Gasteiger partial charge in [0, 0.05) is 0 Å². The fourth-order valence-electron chi connectivity index (χ4n) is 5.54. The highest BCUT2D eigenvalue weighted by Crippen LogP contribution is 2.60. The predicted molar refractivity (Wildman–Crippen MR) is 78.7 cm³/mol. The molecule has 0 heterocycles. The number of hydrogen-bond donors (Lipinski definition) is 2. The highest BCUT2D eigenvalue weighted by molar-refractivity contribution is 5.40. The molecule has 4 rings (SSSR count). The molecule has 2 N–H and O–H groups in total.